The molecule has 0 fully saturated rings. The summed E-state index contributed by atoms with van der Waals surface area (Å²) in [5.74, 6) is -1.16. The summed E-state index contributed by atoms with van der Waals surface area (Å²) >= 11 is 6.23. The Hall–Kier alpha value is -2.00. The topological polar surface area (TPSA) is 40.5 Å². The first-order valence-electron chi connectivity index (χ1n) is 6.97. The van der Waals surface area contributed by atoms with Crippen molar-refractivity contribution in [3.8, 4) is 0 Å². The van der Waals surface area contributed by atoms with Gasteiger partial charge in [0.2, 0.25) is 0 Å². The first kappa shape index (κ1) is 14.0. The maximum atomic E-state index is 11.4. The summed E-state index contributed by atoms with van der Waals surface area (Å²) in [6, 6.07) is 15.5. The minimum absolute atomic E-state index is 0.413. The van der Waals surface area contributed by atoms with Crippen molar-refractivity contribution in [1.29, 1.82) is 0 Å². The number of hydrogen-bond acceptors (Lipinski definition) is 2. The second-order valence-electron chi connectivity index (χ2n) is 5.25. The lowest BCUT2D eigenvalue weighted by Crippen LogP contribution is -2.33. The summed E-state index contributed by atoms with van der Waals surface area (Å²) in [6.45, 7) is 1.42. The number of nitrogens with zero attached hydrogens (tertiary/aromatic N) is 1. The van der Waals surface area contributed by atoms with Crippen LogP contribution in [0.2, 0.25) is 5.02 Å². The van der Waals surface area contributed by atoms with Crippen LogP contribution in [-0.2, 0) is 11.3 Å². The number of carboxylic acid groups (broad SMARTS) is 1. The van der Waals surface area contributed by atoms with Crippen LogP contribution in [0.5, 0.6) is 0 Å². The first-order chi connectivity index (χ1) is 10.2. The fourth-order valence-corrected chi connectivity index (χ4v) is 3.08. The van der Waals surface area contributed by atoms with Gasteiger partial charge in [0.05, 0.1) is 5.92 Å². The normalized spacial score (nSPS) is 17.4. The van der Waals surface area contributed by atoms with Crippen LogP contribution in [0.15, 0.2) is 48.5 Å². The third-order valence-corrected chi connectivity index (χ3v) is 4.33. The van der Waals surface area contributed by atoms with Gasteiger partial charge in [-0.05, 0) is 29.7 Å². The second-order valence-corrected chi connectivity index (χ2v) is 5.66. The third kappa shape index (κ3) is 2.74. The van der Waals surface area contributed by atoms with E-state index in [0.29, 0.717) is 13.0 Å². The van der Waals surface area contributed by atoms with E-state index in [0.717, 1.165) is 28.4 Å². The molecule has 1 aliphatic heterocycles. The SMILES string of the molecule is O=C(O)C1CCN(Cc2ccccc2Cl)c2ccccc21. The van der Waals surface area contributed by atoms with E-state index in [1.165, 1.54) is 0 Å². The van der Waals surface area contributed by atoms with E-state index in [9.17, 15) is 9.90 Å². The molecule has 1 N–H and O–H groups in total. The highest BCUT2D eigenvalue weighted by Gasteiger charge is 2.29. The number of anilines is 1. The van der Waals surface area contributed by atoms with Crippen LogP contribution in [0.1, 0.15) is 23.5 Å². The number of para-hydroxylation sites is 1. The maximum absolute atomic E-state index is 11.4. The fourth-order valence-electron chi connectivity index (χ4n) is 2.88. The Morgan fingerprint density at radius 2 is 1.90 bits per heavy atom. The van der Waals surface area contributed by atoms with Crippen LogP contribution in [0.25, 0.3) is 0 Å². The Balaban J connectivity index is 1.93. The molecule has 2 aromatic rings. The predicted octanol–water partition coefficient (Wildman–Crippen LogP) is 3.92. The van der Waals surface area contributed by atoms with E-state index in [1.54, 1.807) is 0 Å². The summed E-state index contributed by atoms with van der Waals surface area (Å²) in [4.78, 5) is 13.6. The molecule has 3 nitrogen and oxygen atoms in total. The molecular weight excluding hydrogens is 286 g/mol. The van der Waals surface area contributed by atoms with Crippen LogP contribution in [-0.4, -0.2) is 17.6 Å². The molecule has 0 bridgehead atoms. The van der Waals surface area contributed by atoms with Gasteiger partial charge in [-0.25, -0.2) is 0 Å². The van der Waals surface area contributed by atoms with E-state index in [-0.39, 0.29) is 0 Å². The average Bonchev–Trinajstić information content (AvgIpc) is 2.49. The summed E-state index contributed by atoms with van der Waals surface area (Å²) in [7, 11) is 0. The molecule has 1 atom stereocenters. The van der Waals surface area contributed by atoms with Crippen molar-refractivity contribution < 1.29 is 9.90 Å². The van der Waals surface area contributed by atoms with Crippen LogP contribution in [0, 0.1) is 0 Å². The van der Waals surface area contributed by atoms with E-state index in [2.05, 4.69) is 4.90 Å². The van der Waals surface area contributed by atoms with Crippen LogP contribution in [0.3, 0.4) is 0 Å². The van der Waals surface area contributed by atoms with Crippen molar-refractivity contribution >= 4 is 23.3 Å². The average molecular weight is 302 g/mol. The highest BCUT2D eigenvalue weighted by atomic mass is 35.5. The maximum Gasteiger partial charge on any atom is 0.311 e. The quantitative estimate of drug-likeness (QED) is 0.934. The van der Waals surface area contributed by atoms with Gasteiger partial charge in [0.15, 0.2) is 0 Å². The highest BCUT2D eigenvalue weighted by molar-refractivity contribution is 6.31. The second kappa shape index (κ2) is 5.78. The van der Waals surface area contributed by atoms with Gasteiger partial charge in [-0.2, -0.15) is 0 Å². The van der Waals surface area contributed by atoms with Gasteiger partial charge < -0.3 is 10.0 Å². The lowest BCUT2D eigenvalue weighted by atomic mass is 9.90. The molecule has 1 aliphatic rings. The number of benzene rings is 2. The molecule has 0 saturated carbocycles. The van der Waals surface area contributed by atoms with Crippen molar-refractivity contribution in [2.24, 2.45) is 0 Å². The zero-order valence-electron chi connectivity index (χ0n) is 11.5. The molecule has 2 aromatic carbocycles. The third-order valence-electron chi connectivity index (χ3n) is 3.96. The molecule has 0 amide bonds. The fraction of sp³-hybridized carbons (Fsp3) is 0.235. The molecule has 0 spiro atoms. The Morgan fingerprint density at radius 3 is 2.67 bits per heavy atom. The van der Waals surface area contributed by atoms with Crippen molar-refractivity contribution in [2.75, 3.05) is 11.4 Å². The van der Waals surface area contributed by atoms with Crippen LogP contribution < -0.4 is 4.90 Å². The number of aliphatic carboxylic acids is 1. The van der Waals surface area contributed by atoms with Crippen molar-refractivity contribution in [3.05, 3.63) is 64.7 Å². The summed E-state index contributed by atoms with van der Waals surface area (Å²) < 4.78 is 0. The van der Waals surface area contributed by atoms with Gasteiger partial charge in [0, 0.05) is 23.8 Å². The smallest absolute Gasteiger partial charge is 0.311 e. The zero-order chi connectivity index (χ0) is 14.8. The van der Waals surface area contributed by atoms with Gasteiger partial charge in [0.1, 0.15) is 0 Å². The van der Waals surface area contributed by atoms with E-state index in [4.69, 9.17) is 11.6 Å². The minimum Gasteiger partial charge on any atom is -0.481 e. The standard InChI is InChI=1S/C17H16ClNO2/c18-15-7-3-1-5-12(15)11-19-10-9-14(17(20)21)13-6-2-4-8-16(13)19/h1-8,14H,9-11H2,(H,20,21). The first-order valence-corrected chi connectivity index (χ1v) is 7.34. The molecule has 0 saturated heterocycles. The molecule has 0 aliphatic carbocycles. The van der Waals surface area contributed by atoms with Gasteiger partial charge in [-0.15, -0.1) is 0 Å². The Kier molecular flexibility index (Phi) is 3.84. The molecule has 0 aromatic heterocycles. The van der Waals surface area contributed by atoms with Crippen molar-refractivity contribution in [1.82, 2.24) is 0 Å². The zero-order valence-corrected chi connectivity index (χ0v) is 12.3. The number of hydrogen-bond donors (Lipinski definition) is 1. The number of carbonyl (C=O) groups is 1. The lowest BCUT2D eigenvalue weighted by Gasteiger charge is -2.34. The monoisotopic (exact) mass is 301 g/mol. The van der Waals surface area contributed by atoms with Crippen molar-refractivity contribution in [2.45, 2.75) is 18.9 Å². The van der Waals surface area contributed by atoms with E-state index >= 15 is 0 Å². The van der Waals surface area contributed by atoms with Gasteiger partial charge in [0.25, 0.3) is 0 Å². The molecule has 21 heavy (non-hydrogen) atoms. The molecule has 108 valence electrons. The lowest BCUT2D eigenvalue weighted by molar-refractivity contribution is -0.139. The minimum atomic E-state index is -0.750. The summed E-state index contributed by atoms with van der Waals surface area (Å²) in [6.07, 6.45) is 0.622. The van der Waals surface area contributed by atoms with E-state index < -0.39 is 11.9 Å². The molecule has 4 heteroatoms. The summed E-state index contributed by atoms with van der Waals surface area (Å²) in [5.41, 5.74) is 2.95. The van der Waals surface area contributed by atoms with Gasteiger partial charge >= 0.3 is 5.97 Å². The van der Waals surface area contributed by atoms with E-state index in [1.807, 2.05) is 48.5 Å². The van der Waals surface area contributed by atoms with Crippen LogP contribution in [0.4, 0.5) is 5.69 Å². The molecule has 3 rings (SSSR count). The molecule has 0 radical (unpaired) electrons. The Labute approximate surface area is 128 Å². The van der Waals surface area contributed by atoms with Gasteiger partial charge in [-0.3, -0.25) is 4.79 Å². The molecule has 1 heterocycles. The van der Waals surface area contributed by atoms with Gasteiger partial charge in [-0.1, -0.05) is 48.0 Å². The predicted molar refractivity (Wildman–Crippen MR) is 83.9 cm³/mol. The molecule has 1 unspecified atom stereocenters. The highest BCUT2D eigenvalue weighted by Crippen LogP contribution is 2.36. The number of rotatable bonds is 3. The number of fused-ring (bicyclic) bond motifs is 1. The van der Waals surface area contributed by atoms with Crippen molar-refractivity contribution in [3.63, 3.8) is 0 Å². The largest absolute Gasteiger partial charge is 0.481 e. The number of halogens is 1. The Morgan fingerprint density at radius 1 is 1.19 bits per heavy atom. The van der Waals surface area contributed by atoms with Crippen LogP contribution >= 0.6 is 11.6 Å². The molecular formula is C17H16ClNO2. The number of carboxylic acids is 1. The summed E-state index contributed by atoms with van der Waals surface area (Å²) in [5, 5.41) is 10.1. The Bertz CT molecular complexity index is 671.